The van der Waals surface area contributed by atoms with Crippen LogP contribution in [-0.2, 0) is 6.42 Å². The standard InChI is InChI=1S/C16H16FN3O/c17-12-7-2-1-6-11(12)13-8-9-14-18-16(19-20(13)14)15(21)10-4-3-5-10/h1-2,6-7,10,13H,3-5,8-9H2. The predicted molar refractivity (Wildman–Crippen MR) is 74.6 cm³/mol. The fourth-order valence-corrected chi connectivity index (χ4v) is 3.15. The van der Waals surface area contributed by atoms with Gasteiger partial charge in [0, 0.05) is 17.9 Å². The van der Waals surface area contributed by atoms with Crippen molar-refractivity contribution in [2.24, 2.45) is 5.92 Å². The number of halogens is 1. The molecule has 4 nitrogen and oxygen atoms in total. The zero-order valence-corrected chi connectivity index (χ0v) is 11.6. The molecule has 1 saturated carbocycles. The SMILES string of the molecule is O=C(c1nc2n(n1)C(c1ccccc1F)CC2)C1CCC1. The highest BCUT2D eigenvalue weighted by atomic mass is 19.1. The Bertz CT molecular complexity index is 705. The van der Waals surface area contributed by atoms with Crippen LogP contribution in [0.4, 0.5) is 4.39 Å². The second kappa shape index (κ2) is 4.76. The fraction of sp³-hybridized carbons (Fsp3) is 0.438. The third-order valence-corrected chi connectivity index (χ3v) is 4.60. The summed E-state index contributed by atoms with van der Waals surface area (Å²) in [5.74, 6) is 1.04. The van der Waals surface area contributed by atoms with Gasteiger partial charge in [-0.1, -0.05) is 24.6 Å². The molecule has 5 heteroatoms. The van der Waals surface area contributed by atoms with E-state index in [0.29, 0.717) is 11.4 Å². The predicted octanol–water partition coefficient (Wildman–Crippen LogP) is 2.94. The molecule has 1 atom stereocenters. The molecule has 0 spiro atoms. The van der Waals surface area contributed by atoms with Gasteiger partial charge in [-0.25, -0.2) is 14.1 Å². The lowest BCUT2D eigenvalue weighted by Crippen LogP contribution is -2.23. The molecule has 0 saturated heterocycles. The quantitative estimate of drug-likeness (QED) is 0.815. The lowest BCUT2D eigenvalue weighted by molar-refractivity contribution is 0.0843. The van der Waals surface area contributed by atoms with Gasteiger partial charge in [0.25, 0.3) is 0 Å². The van der Waals surface area contributed by atoms with E-state index in [1.54, 1.807) is 16.8 Å². The van der Waals surface area contributed by atoms with Crippen LogP contribution in [0.25, 0.3) is 0 Å². The zero-order chi connectivity index (χ0) is 14.4. The first-order valence-electron chi connectivity index (χ1n) is 7.48. The van der Waals surface area contributed by atoms with Crippen molar-refractivity contribution in [1.29, 1.82) is 0 Å². The lowest BCUT2D eigenvalue weighted by Gasteiger charge is -2.22. The smallest absolute Gasteiger partial charge is 0.217 e. The lowest BCUT2D eigenvalue weighted by atomic mass is 9.82. The highest BCUT2D eigenvalue weighted by Crippen LogP contribution is 2.33. The molecule has 2 aliphatic rings. The number of aromatic nitrogens is 3. The number of hydrogen-bond acceptors (Lipinski definition) is 3. The molecule has 4 rings (SSSR count). The number of fused-ring (bicyclic) bond motifs is 1. The van der Waals surface area contributed by atoms with E-state index in [-0.39, 0.29) is 23.6 Å². The molecule has 1 aliphatic heterocycles. The third kappa shape index (κ3) is 1.99. The summed E-state index contributed by atoms with van der Waals surface area (Å²) in [6.07, 6.45) is 4.53. The van der Waals surface area contributed by atoms with Crippen LogP contribution < -0.4 is 0 Å². The molecular weight excluding hydrogens is 269 g/mol. The first kappa shape index (κ1) is 12.7. The molecule has 0 radical (unpaired) electrons. The Morgan fingerprint density at radius 2 is 2.05 bits per heavy atom. The Hall–Kier alpha value is -2.04. The Morgan fingerprint density at radius 1 is 1.24 bits per heavy atom. The van der Waals surface area contributed by atoms with Crippen molar-refractivity contribution in [2.75, 3.05) is 0 Å². The van der Waals surface area contributed by atoms with Gasteiger partial charge < -0.3 is 0 Å². The summed E-state index contributed by atoms with van der Waals surface area (Å²) >= 11 is 0. The van der Waals surface area contributed by atoms with E-state index in [4.69, 9.17) is 0 Å². The maximum Gasteiger partial charge on any atom is 0.217 e. The van der Waals surface area contributed by atoms with Gasteiger partial charge in [-0.3, -0.25) is 4.79 Å². The van der Waals surface area contributed by atoms with Gasteiger partial charge in [0.1, 0.15) is 11.6 Å². The number of nitrogens with zero attached hydrogens (tertiary/aromatic N) is 3. The number of hydrogen-bond donors (Lipinski definition) is 0. The molecule has 0 bridgehead atoms. The average molecular weight is 285 g/mol. The van der Waals surface area contributed by atoms with Crippen molar-refractivity contribution < 1.29 is 9.18 Å². The number of carbonyl (C=O) groups is 1. The first-order valence-corrected chi connectivity index (χ1v) is 7.48. The van der Waals surface area contributed by atoms with Crippen molar-refractivity contribution in [3.05, 3.63) is 47.3 Å². The summed E-state index contributed by atoms with van der Waals surface area (Å²) in [6, 6.07) is 6.61. The van der Waals surface area contributed by atoms with Gasteiger partial charge in [-0.15, -0.1) is 5.10 Å². The molecule has 21 heavy (non-hydrogen) atoms. The summed E-state index contributed by atoms with van der Waals surface area (Å²) in [6.45, 7) is 0. The average Bonchev–Trinajstić information content (AvgIpc) is 2.97. The maximum atomic E-state index is 14.0. The Balaban J connectivity index is 1.67. The molecule has 1 aromatic heterocycles. The fourth-order valence-electron chi connectivity index (χ4n) is 3.15. The Labute approximate surface area is 122 Å². The summed E-state index contributed by atoms with van der Waals surface area (Å²) < 4.78 is 15.7. The molecule has 0 N–H and O–H groups in total. The molecule has 0 amide bonds. The molecule has 1 fully saturated rings. The number of carbonyl (C=O) groups excluding carboxylic acids is 1. The van der Waals surface area contributed by atoms with E-state index in [2.05, 4.69) is 10.1 Å². The number of Topliss-reactive ketones (excluding diaryl/α,β-unsaturated/α-hetero) is 1. The van der Waals surface area contributed by atoms with Crippen LogP contribution in [0.3, 0.4) is 0 Å². The van der Waals surface area contributed by atoms with Crippen molar-refractivity contribution in [3.8, 4) is 0 Å². The Kier molecular flexibility index (Phi) is 2.87. The van der Waals surface area contributed by atoms with E-state index in [1.807, 2.05) is 6.07 Å². The number of aryl methyl sites for hydroxylation is 1. The summed E-state index contributed by atoms with van der Waals surface area (Å²) in [4.78, 5) is 16.6. The second-order valence-electron chi connectivity index (χ2n) is 5.86. The van der Waals surface area contributed by atoms with Crippen LogP contribution >= 0.6 is 0 Å². The van der Waals surface area contributed by atoms with Gasteiger partial charge >= 0.3 is 0 Å². The highest BCUT2D eigenvalue weighted by Gasteiger charge is 2.33. The van der Waals surface area contributed by atoms with Crippen molar-refractivity contribution in [3.63, 3.8) is 0 Å². The number of ketones is 1. The molecule has 1 aromatic carbocycles. The molecule has 2 aromatic rings. The van der Waals surface area contributed by atoms with Gasteiger partial charge in [-0.05, 0) is 25.3 Å². The van der Waals surface area contributed by atoms with Gasteiger partial charge in [0.15, 0.2) is 0 Å². The van der Waals surface area contributed by atoms with E-state index in [1.165, 1.54) is 6.07 Å². The minimum Gasteiger partial charge on any atom is -0.290 e. The van der Waals surface area contributed by atoms with Crippen molar-refractivity contribution in [2.45, 2.75) is 38.1 Å². The van der Waals surface area contributed by atoms with Crippen molar-refractivity contribution in [1.82, 2.24) is 14.8 Å². The summed E-state index contributed by atoms with van der Waals surface area (Å²) in [7, 11) is 0. The monoisotopic (exact) mass is 285 g/mol. The largest absolute Gasteiger partial charge is 0.290 e. The first-order chi connectivity index (χ1) is 10.2. The molecule has 1 aliphatic carbocycles. The minimum absolute atomic E-state index is 0.0513. The van der Waals surface area contributed by atoms with E-state index < -0.39 is 0 Å². The number of rotatable bonds is 3. The van der Waals surface area contributed by atoms with Crippen LogP contribution in [-0.4, -0.2) is 20.5 Å². The van der Waals surface area contributed by atoms with Gasteiger partial charge in [-0.2, -0.15) is 0 Å². The highest BCUT2D eigenvalue weighted by molar-refractivity contribution is 5.94. The molecule has 1 unspecified atom stereocenters. The second-order valence-corrected chi connectivity index (χ2v) is 5.86. The topological polar surface area (TPSA) is 47.8 Å². The zero-order valence-electron chi connectivity index (χ0n) is 11.6. The van der Waals surface area contributed by atoms with Crippen LogP contribution in [0.15, 0.2) is 24.3 Å². The van der Waals surface area contributed by atoms with Crippen LogP contribution in [0.2, 0.25) is 0 Å². The summed E-state index contributed by atoms with van der Waals surface area (Å²) in [5.41, 5.74) is 0.629. The number of benzene rings is 1. The van der Waals surface area contributed by atoms with Crippen LogP contribution in [0.1, 0.15) is 53.7 Å². The summed E-state index contributed by atoms with van der Waals surface area (Å²) in [5, 5.41) is 4.38. The van der Waals surface area contributed by atoms with E-state index in [0.717, 1.165) is 37.9 Å². The molecular formula is C16H16FN3O. The minimum atomic E-state index is -0.224. The van der Waals surface area contributed by atoms with Crippen molar-refractivity contribution >= 4 is 5.78 Å². The Morgan fingerprint density at radius 3 is 2.76 bits per heavy atom. The van der Waals surface area contributed by atoms with E-state index >= 15 is 0 Å². The van der Waals surface area contributed by atoms with Gasteiger partial charge in [0.05, 0.1) is 6.04 Å². The molecule has 2 heterocycles. The maximum absolute atomic E-state index is 14.0. The van der Waals surface area contributed by atoms with Gasteiger partial charge in [0.2, 0.25) is 11.6 Å². The van der Waals surface area contributed by atoms with E-state index in [9.17, 15) is 9.18 Å². The van der Waals surface area contributed by atoms with Crippen LogP contribution in [0, 0.1) is 11.7 Å². The normalized spacial score (nSPS) is 21.1. The van der Waals surface area contributed by atoms with Crippen LogP contribution in [0.5, 0.6) is 0 Å². The third-order valence-electron chi connectivity index (χ3n) is 4.60. The molecule has 108 valence electrons.